The van der Waals surface area contributed by atoms with Gasteiger partial charge in [0.2, 0.25) is 0 Å². The first-order valence-corrected chi connectivity index (χ1v) is 7.42. The lowest BCUT2D eigenvalue weighted by Gasteiger charge is -2.34. The van der Waals surface area contributed by atoms with Crippen molar-refractivity contribution in [1.82, 2.24) is 4.90 Å². The Morgan fingerprint density at radius 2 is 2.30 bits per heavy atom. The summed E-state index contributed by atoms with van der Waals surface area (Å²) in [4.78, 5) is 24.4. The SMILES string of the molecule is O=C(c1cc(Cl)cc([N+](=O)[O-])c1)N1CCOCC1CBr. The summed E-state index contributed by atoms with van der Waals surface area (Å²) in [6, 6.07) is 3.82. The van der Waals surface area contributed by atoms with Crippen LogP contribution in [-0.4, -0.2) is 46.9 Å². The number of hydrogen-bond acceptors (Lipinski definition) is 4. The van der Waals surface area contributed by atoms with E-state index < -0.39 is 4.92 Å². The molecular formula is C12H12BrClN2O4. The molecule has 0 N–H and O–H groups in total. The van der Waals surface area contributed by atoms with E-state index in [9.17, 15) is 14.9 Å². The molecule has 0 radical (unpaired) electrons. The number of nitro benzene ring substituents is 1. The van der Waals surface area contributed by atoms with E-state index in [1.807, 2.05) is 0 Å². The fraction of sp³-hybridized carbons (Fsp3) is 0.417. The van der Waals surface area contributed by atoms with E-state index in [0.717, 1.165) is 0 Å². The van der Waals surface area contributed by atoms with E-state index in [-0.39, 0.29) is 28.2 Å². The standard InChI is InChI=1S/C12H12BrClN2O4/c13-6-11-7-20-2-1-15(11)12(17)8-3-9(14)5-10(4-8)16(18)19/h3-5,11H,1-2,6-7H2. The first-order chi connectivity index (χ1) is 9.52. The number of amides is 1. The highest BCUT2D eigenvalue weighted by Crippen LogP contribution is 2.23. The fourth-order valence-corrected chi connectivity index (χ4v) is 2.78. The summed E-state index contributed by atoms with van der Waals surface area (Å²) in [6.45, 7) is 1.35. The number of benzene rings is 1. The number of alkyl halides is 1. The lowest BCUT2D eigenvalue weighted by Crippen LogP contribution is -2.49. The summed E-state index contributed by atoms with van der Waals surface area (Å²) in [5, 5.41) is 11.6. The molecule has 2 rings (SSSR count). The van der Waals surface area contributed by atoms with E-state index >= 15 is 0 Å². The van der Waals surface area contributed by atoms with Gasteiger partial charge >= 0.3 is 0 Å². The number of non-ortho nitro benzene ring substituents is 1. The van der Waals surface area contributed by atoms with Crippen LogP contribution in [0.1, 0.15) is 10.4 Å². The maximum atomic E-state index is 12.5. The van der Waals surface area contributed by atoms with Gasteiger partial charge in [-0.1, -0.05) is 27.5 Å². The Morgan fingerprint density at radius 3 is 2.95 bits per heavy atom. The smallest absolute Gasteiger partial charge is 0.271 e. The highest BCUT2D eigenvalue weighted by atomic mass is 79.9. The van der Waals surface area contributed by atoms with Gasteiger partial charge in [0.25, 0.3) is 11.6 Å². The summed E-state index contributed by atoms with van der Waals surface area (Å²) >= 11 is 9.17. The van der Waals surface area contributed by atoms with Crippen LogP contribution in [0.15, 0.2) is 18.2 Å². The molecule has 1 saturated heterocycles. The van der Waals surface area contributed by atoms with E-state index in [4.69, 9.17) is 16.3 Å². The quantitative estimate of drug-likeness (QED) is 0.470. The molecule has 1 aliphatic rings. The van der Waals surface area contributed by atoms with Crippen LogP contribution in [0.3, 0.4) is 0 Å². The number of ether oxygens (including phenoxy) is 1. The van der Waals surface area contributed by atoms with Crippen molar-refractivity contribution in [1.29, 1.82) is 0 Å². The average Bonchev–Trinajstić information content (AvgIpc) is 2.45. The number of halogens is 2. The molecule has 6 nitrogen and oxygen atoms in total. The lowest BCUT2D eigenvalue weighted by molar-refractivity contribution is -0.384. The summed E-state index contributed by atoms with van der Waals surface area (Å²) in [6.07, 6.45) is 0. The Bertz CT molecular complexity index is 540. The van der Waals surface area contributed by atoms with Crippen LogP contribution in [-0.2, 0) is 4.74 Å². The van der Waals surface area contributed by atoms with Gasteiger partial charge < -0.3 is 9.64 Å². The van der Waals surface area contributed by atoms with Crippen molar-refractivity contribution < 1.29 is 14.5 Å². The number of nitrogens with zero attached hydrogens (tertiary/aromatic N) is 2. The third kappa shape index (κ3) is 3.28. The summed E-state index contributed by atoms with van der Waals surface area (Å²) in [7, 11) is 0. The molecule has 108 valence electrons. The molecule has 1 aromatic carbocycles. The number of carbonyl (C=O) groups excluding carboxylic acids is 1. The van der Waals surface area contributed by atoms with E-state index in [1.165, 1.54) is 18.2 Å². The minimum atomic E-state index is -0.566. The van der Waals surface area contributed by atoms with Gasteiger partial charge in [-0.2, -0.15) is 0 Å². The third-order valence-corrected chi connectivity index (χ3v) is 3.97. The maximum Gasteiger partial charge on any atom is 0.271 e. The molecule has 1 aliphatic heterocycles. The average molecular weight is 364 g/mol. The first kappa shape index (κ1) is 15.2. The largest absolute Gasteiger partial charge is 0.377 e. The van der Waals surface area contributed by atoms with Gasteiger partial charge in [-0.25, -0.2) is 0 Å². The summed E-state index contributed by atoms with van der Waals surface area (Å²) in [5.41, 5.74) is 0.0292. The van der Waals surface area contributed by atoms with Crippen LogP contribution in [0.4, 0.5) is 5.69 Å². The molecule has 1 atom stereocenters. The minimum absolute atomic E-state index is 0.0886. The van der Waals surface area contributed by atoms with Gasteiger partial charge in [0.1, 0.15) is 0 Å². The number of nitro groups is 1. The van der Waals surface area contributed by atoms with Gasteiger partial charge in [-0.3, -0.25) is 14.9 Å². The number of carbonyl (C=O) groups is 1. The summed E-state index contributed by atoms with van der Waals surface area (Å²) in [5.74, 6) is -0.275. The Hall–Kier alpha value is -1.18. The van der Waals surface area contributed by atoms with Crippen molar-refractivity contribution >= 4 is 39.1 Å². The Labute approximate surface area is 128 Å². The molecule has 0 aliphatic carbocycles. The Morgan fingerprint density at radius 1 is 1.55 bits per heavy atom. The Kier molecular flexibility index (Phi) is 4.95. The predicted molar refractivity (Wildman–Crippen MR) is 77.5 cm³/mol. The van der Waals surface area contributed by atoms with Crippen molar-refractivity contribution in [2.75, 3.05) is 25.1 Å². The monoisotopic (exact) mass is 362 g/mol. The number of hydrogen-bond donors (Lipinski definition) is 0. The zero-order valence-corrected chi connectivity index (χ0v) is 12.8. The van der Waals surface area contributed by atoms with Crippen LogP contribution in [0.2, 0.25) is 5.02 Å². The van der Waals surface area contributed by atoms with E-state index in [1.54, 1.807) is 4.90 Å². The van der Waals surface area contributed by atoms with Gasteiger partial charge in [0, 0.05) is 34.6 Å². The molecular weight excluding hydrogens is 351 g/mol. The second-order valence-corrected chi connectivity index (χ2v) is 5.42. The predicted octanol–water partition coefficient (Wildman–Crippen LogP) is 2.48. The molecule has 20 heavy (non-hydrogen) atoms. The van der Waals surface area contributed by atoms with Crippen molar-refractivity contribution in [3.63, 3.8) is 0 Å². The van der Waals surface area contributed by atoms with Crippen LogP contribution in [0.5, 0.6) is 0 Å². The normalized spacial score (nSPS) is 18.9. The van der Waals surface area contributed by atoms with Gasteiger partial charge in [0.05, 0.1) is 24.2 Å². The summed E-state index contributed by atoms with van der Waals surface area (Å²) < 4.78 is 5.32. The third-order valence-electron chi connectivity index (χ3n) is 3.01. The molecule has 0 bridgehead atoms. The van der Waals surface area contributed by atoms with Crippen molar-refractivity contribution in [2.24, 2.45) is 0 Å². The van der Waals surface area contributed by atoms with Crippen molar-refractivity contribution in [2.45, 2.75) is 6.04 Å². The molecule has 0 aromatic heterocycles. The lowest BCUT2D eigenvalue weighted by atomic mass is 10.1. The van der Waals surface area contributed by atoms with Crippen LogP contribution < -0.4 is 0 Å². The molecule has 1 fully saturated rings. The highest BCUT2D eigenvalue weighted by molar-refractivity contribution is 9.09. The molecule has 1 aromatic rings. The fourth-order valence-electron chi connectivity index (χ4n) is 2.02. The van der Waals surface area contributed by atoms with Gasteiger partial charge in [0.15, 0.2) is 0 Å². The van der Waals surface area contributed by atoms with Crippen molar-refractivity contribution in [3.8, 4) is 0 Å². The zero-order valence-electron chi connectivity index (χ0n) is 10.4. The van der Waals surface area contributed by atoms with Crippen LogP contribution in [0, 0.1) is 10.1 Å². The number of morpholine rings is 1. The second-order valence-electron chi connectivity index (χ2n) is 4.34. The molecule has 0 spiro atoms. The zero-order chi connectivity index (χ0) is 14.7. The second kappa shape index (κ2) is 6.51. The van der Waals surface area contributed by atoms with E-state index in [0.29, 0.717) is 25.1 Å². The Balaban J connectivity index is 2.30. The molecule has 8 heteroatoms. The molecule has 1 amide bonds. The number of rotatable bonds is 3. The van der Waals surface area contributed by atoms with Gasteiger partial charge in [-0.05, 0) is 6.07 Å². The maximum absolute atomic E-state index is 12.5. The van der Waals surface area contributed by atoms with Gasteiger partial charge in [-0.15, -0.1) is 0 Å². The molecule has 1 heterocycles. The first-order valence-electron chi connectivity index (χ1n) is 5.92. The minimum Gasteiger partial charge on any atom is -0.377 e. The molecule has 0 saturated carbocycles. The van der Waals surface area contributed by atoms with E-state index in [2.05, 4.69) is 15.9 Å². The highest BCUT2D eigenvalue weighted by Gasteiger charge is 2.28. The molecule has 1 unspecified atom stereocenters. The van der Waals surface area contributed by atoms with Crippen LogP contribution in [0.25, 0.3) is 0 Å². The van der Waals surface area contributed by atoms with Crippen molar-refractivity contribution in [3.05, 3.63) is 38.9 Å². The topological polar surface area (TPSA) is 72.7 Å². The van der Waals surface area contributed by atoms with Crippen LogP contribution >= 0.6 is 27.5 Å².